The highest BCUT2D eigenvalue weighted by molar-refractivity contribution is 6.37. The number of hydrogen-bond donors (Lipinski definition) is 7. The van der Waals surface area contributed by atoms with E-state index in [1.165, 1.54) is 30.1 Å². The number of aromatic hydroxyl groups is 7. The van der Waals surface area contributed by atoms with E-state index in [0.29, 0.717) is 11.1 Å². The van der Waals surface area contributed by atoms with Crippen molar-refractivity contribution in [3.05, 3.63) is 197 Å². The lowest BCUT2D eigenvalue weighted by atomic mass is 9.69. The van der Waals surface area contributed by atoms with Crippen molar-refractivity contribution in [2.24, 2.45) is 0 Å². The highest BCUT2D eigenvalue weighted by Gasteiger charge is 2.58. The average molecular weight is 876 g/mol. The van der Waals surface area contributed by atoms with Gasteiger partial charge in [-0.25, -0.2) is 0 Å². The smallest absolute Gasteiger partial charge is 0.204 e. The molecule has 7 N–H and O–H groups in total. The van der Waals surface area contributed by atoms with Crippen molar-refractivity contribution in [2.75, 3.05) is 4.90 Å². The van der Waals surface area contributed by atoms with Gasteiger partial charge in [-0.05, 0) is 109 Å². The first kappa shape index (κ1) is 40.0. The number of fused-ring (bicyclic) bond motifs is 13. The van der Waals surface area contributed by atoms with Crippen molar-refractivity contribution in [2.45, 2.75) is 24.7 Å². The fraction of sp³-hybridized carbons (Fsp3) is 0.0690. The fourth-order valence-electron chi connectivity index (χ4n) is 11.5. The number of benzene rings is 9. The van der Waals surface area contributed by atoms with Crippen LogP contribution in [0.25, 0.3) is 55.6 Å². The van der Waals surface area contributed by atoms with Gasteiger partial charge >= 0.3 is 0 Å². The van der Waals surface area contributed by atoms with Crippen LogP contribution in [-0.4, -0.2) is 43.6 Å². The number of rotatable bonds is 5. The van der Waals surface area contributed by atoms with Crippen LogP contribution in [0.2, 0.25) is 0 Å². The second kappa shape index (κ2) is 14.0. The number of nitrogens with zero attached hydrogens (tertiary/aromatic N) is 1. The lowest BCUT2D eigenvalue weighted by Gasteiger charge is -2.32. The monoisotopic (exact) mass is 875 g/mol. The topological polar surface area (TPSA) is 145 Å². The first-order valence-electron chi connectivity index (χ1n) is 22.2. The SMILES string of the molecule is Bc1c(O)c(O)c2c(c1O)-c1c(O)c(O)c(O)c(O)c1C21c2ccccc2-c2c(-c3ccc(N(c4ccc(-c5ccccc5)cc4)c4ccc5c(c4)C(C)(C)c4ccccc4-5)cc3)cccc21. The molecule has 1 unspecified atom stereocenters. The summed E-state index contributed by atoms with van der Waals surface area (Å²) in [5.74, 6) is -5.11. The minimum Gasteiger partial charge on any atom is -0.508 e. The molecule has 0 saturated carbocycles. The molecule has 1 atom stereocenters. The maximum atomic E-state index is 12.0. The van der Waals surface area contributed by atoms with Gasteiger partial charge in [-0.1, -0.05) is 141 Å². The zero-order chi connectivity index (χ0) is 46.3. The Balaban J connectivity index is 1.05. The van der Waals surface area contributed by atoms with Crippen LogP contribution < -0.4 is 10.4 Å². The number of phenolic OH excluding ortho intramolecular Hbond substituents is 7. The molecule has 9 aromatic rings. The molecular weight excluding hydrogens is 833 g/mol. The van der Waals surface area contributed by atoms with E-state index in [2.05, 4.69) is 122 Å². The second-order valence-corrected chi connectivity index (χ2v) is 18.3. The Morgan fingerprint density at radius 1 is 0.358 bits per heavy atom. The zero-order valence-electron chi connectivity index (χ0n) is 36.7. The lowest BCUT2D eigenvalue weighted by molar-refractivity contribution is 0.343. The van der Waals surface area contributed by atoms with Gasteiger partial charge in [0.1, 0.15) is 13.6 Å². The molecule has 3 aliphatic carbocycles. The molecule has 0 aromatic heterocycles. The summed E-state index contributed by atoms with van der Waals surface area (Å²) in [6.07, 6.45) is 0. The molecule has 67 heavy (non-hydrogen) atoms. The predicted molar refractivity (Wildman–Crippen MR) is 266 cm³/mol. The highest BCUT2D eigenvalue weighted by Crippen LogP contribution is 2.72. The van der Waals surface area contributed by atoms with Crippen LogP contribution in [0.15, 0.2) is 164 Å². The van der Waals surface area contributed by atoms with Crippen molar-refractivity contribution in [3.8, 4) is 95.9 Å². The maximum Gasteiger partial charge on any atom is 0.204 e. The van der Waals surface area contributed by atoms with Gasteiger partial charge in [0.05, 0.1) is 5.41 Å². The van der Waals surface area contributed by atoms with E-state index in [9.17, 15) is 35.7 Å². The van der Waals surface area contributed by atoms with Crippen LogP contribution >= 0.6 is 0 Å². The highest BCUT2D eigenvalue weighted by atomic mass is 16.3. The molecule has 8 nitrogen and oxygen atoms in total. The van der Waals surface area contributed by atoms with Crippen molar-refractivity contribution < 1.29 is 35.7 Å². The molecule has 3 aliphatic rings. The largest absolute Gasteiger partial charge is 0.508 e. The summed E-state index contributed by atoms with van der Waals surface area (Å²) in [7, 11) is 1.41. The van der Waals surface area contributed by atoms with E-state index in [1.807, 2.05) is 54.6 Å². The van der Waals surface area contributed by atoms with Gasteiger partial charge in [0.2, 0.25) is 11.5 Å². The summed E-state index contributed by atoms with van der Waals surface area (Å²) < 4.78 is 0. The Morgan fingerprint density at radius 3 is 1.54 bits per heavy atom. The molecule has 0 aliphatic heterocycles. The first-order valence-corrected chi connectivity index (χ1v) is 22.2. The molecule has 9 heteroatoms. The van der Waals surface area contributed by atoms with Crippen LogP contribution in [0, 0.1) is 0 Å². The summed E-state index contributed by atoms with van der Waals surface area (Å²) in [5.41, 5.74) is 12.1. The van der Waals surface area contributed by atoms with Crippen molar-refractivity contribution in [3.63, 3.8) is 0 Å². The Kier molecular flexibility index (Phi) is 8.34. The Labute approximate surface area is 387 Å². The summed E-state index contributed by atoms with van der Waals surface area (Å²) in [5, 5.41) is 80.5. The molecule has 0 bridgehead atoms. The van der Waals surface area contributed by atoms with Crippen LogP contribution in [0.1, 0.15) is 47.2 Å². The molecular formula is C58H42BNO7. The Morgan fingerprint density at radius 2 is 0.851 bits per heavy atom. The Hall–Kier alpha value is -8.56. The molecule has 0 saturated heterocycles. The van der Waals surface area contributed by atoms with E-state index in [1.54, 1.807) is 6.07 Å². The number of anilines is 3. The third-order valence-electron chi connectivity index (χ3n) is 14.6. The van der Waals surface area contributed by atoms with Crippen LogP contribution in [0.3, 0.4) is 0 Å². The minimum atomic E-state index is -1.68. The van der Waals surface area contributed by atoms with E-state index >= 15 is 0 Å². The van der Waals surface area contributed by atoms with E-state index < -0.39 is 45.7 Å². The third kappa shape index (κ3) is 5.19. The fourth-order valence-corrected chi connectivity index (χ4v) is 11.5. The third-order valence-corrected chi connectivity index (χ3v) is 14.6. The van der Waals surface area contributed by atoms with E-state index in [4.69, 9.17) is 0 Å². The number of hydrogen-bond acceptors (Lipinski definition) is 8. The quantitative estimate of drug-likeness (QED) is 0.0514. The maximum absolute atomic E-state index is 12.0. The summed E-state index contributed by atoms with van der Waals surface area (Å²) in [6.45, 7) is 4.56. The first-order chi connectivity index (χ1) is 32.3. The number of phenols is 7. The van der Waals surface area contributed by atoms with Crippen molar-refractivity contribution in [1.29, 1.82) is 0 Å². The molecule has 0 heterocycles. The summed E-state index contributed by atoms with van der Waals surface area (Å²) in [4.78, 5) is 2.27. The molecule has 0 amide bonds. The molecule has 324 valence electrons. The zero-order valence-corrected chi connectivity index (χ0v) is 36.7. The van der Waals surface area contributed by atoms with Crippen LogP contribution in [0.4, 0.5) is 17.1 Å². The van der Waals surface area contributed by atoms with Gasteiger partial charge in [-0.15, -0.1) is 0 Å². The van der Waals surface area contributed by atoms with Gasteiger partial charge in [-0.3, -0.25) is 0 Å². The average Bonchev–Trinajstić information content (AvgIpc) is 3.93. The van der Waals surface area contributed by atoms with Crippen LogP contribution in [-0.2, 0) is 10.8 Å². The molecule has 9 aromatic carbocycles. The van der Waals surface area contributed by atoms with E-state index in [-0.39, 0.29) is 33.1 Å². The molecule has 0 radical (unpaired) electrons. The normalized spacial score (nSPS) is 15.4. The van der Waals surface area contributed by atoms with E-state index in [0.717, 1.165) is 50.4 Å². The minimum absolute atomic E-state index is 0.00746. The van der Waals surface area contributed by atoms with Gasteiger partial charge in [-0.2, -0.15) is 0 Å². The molecule has 1 spiro atoms. The summed E-state index contributed by atoms with van der Waals surface area (Å²) in [6, 6.07) is 55.7. The second-order valence-electron chi connectivity index (χ2n) is 18.3. The van der Waals surface area contributed by atoms with Gasteiger partial charge < -0.3 is 40.6 Å². The Bertz CT molecular complexity index is 3520. The predicted octanol–water partition coefficient (Wildman–Crippen LogP) is 11.3. The standard InChI is InChI=1S/C58H42BNO7/c1-57(2)40-16-8-6-13-37(40)38-28-27-35(29-43(38)57)60(33-23-19-31(20-24-33)30-11-4-3-5-12-30)34-25-21-32(22-26-34)36-15-10-18-42-44(36)39-14-7-9-17-41(39)58(42)47-45(50(61)49(59)54(65)52(47)63)46-48(58)53(64)56(67)55(66)51(46)62/h3-29,61-67H,59H2,1-2H3. The van der Waals surface area contributed by atoms with Gasteiger partial charge in [0.15, 0.2) is 23.0 Å². The lowest BCUT2D eigenvalue weighted by Crippen LogP contribution is -2.26. The summed E-state index contributed by atoms with van der Waals surface area (Å²) >= 11 is 0. The van der Waals surface area contributed by atoms with Gasteiger partial charge in [0, 0.05) is 44.7 Å². The van der Waals surface area contributed by atoms with Gasteiger partial charge in [0.25, 0.3) is 0 Å². The molecule has 0 fully saturated rings. The van der Waals surface area contributed by atoms with Crippen molar-refractivity contribution in [1.82, 2.24) is 0 Å². The van der Waals surface area contributed by atoms with Crippen molar-refractivity contribution >= 4 is 30.4 Å². The van der Waals surface area contributed by atoms with Crippen LogP contribution in [0.5, 0.6) is 40.2 Å². The molecule has 12 rings (SSSR count).